The third kappa shape index (κ3) is 6.54. The van der Waals surface area contributed by atoms with Crippen molar-refractivity contribution < 1.29 is 4.79 Å². The van der Waals surface area contributed by atoms with Crippen molar-refractivity contribution in [2.45, 2.75) is 51.0 Å². The third-order valence-corrected chi connectivity index (χ3v) is 4.26. The zero-order chi connectivity index (χ0) is 14.9. The summed E-state index contributed by atoms with van der Waals surface area (Å²) in [5, 5.41) is 9.66. The van der Waals surface area contributed by atoms with E-state index < -0.39 is 0 Å². The van der Waals surface area contributed by atoms with Crippen molar-refractivity contribution in [3.05, 3.63) is 12.2 Å². The molecule has 126 valence electrons. The quantitative estimate of drug-likeness (QED) is 0.210. The number of hydrogen-bond donors (Lipinski definition) is 3. The largest absolute Gasteiger partial charge is 0.355 e. The highest BCUT2D eigenvalue weighted by Gasteiger charge is 2.20. The van der Waals surface area contributed by atoms with Crippen LogP contribution in [0.5, 0.6) is 0 Å². The molecule has 2 rings (SSSR count). The van der Waals surface area contributed by atoms with Crippen molar-refractivity contribution in [2.75, 3.05) is 20.1 Å². The maximum Gasteiger partial charge on any atom is 0.223 e. The van der Waals surface area contributed by atoms with Crippen LogP contribution in [-0.2, 0) is 4.79 Å². The third-order valence-electron chi connectivity index (χ3n) is 4.26. The van der Waals surface area contributed by atoms with Crippen LogP contribution in [0.1, 0.15) is 44.9 Å². The van der Waals surface area contributed by atoms with Crippen molar-refractivity contribution in [2.24, 2.45) is 10.9 Å². The fourth-order valence-electron chi connectivity index (χ4n) is 3.00. The Balaban J connectivity index is 0.00000242. The van der Waals surface area contributed by atoms with Gasteiger partial charge in [-0.25, -0.2) is 0 Å². The molecule has 1 fully saturated rings. The number of guanidine groups is 1. The zero-order valence-electron chi connectivity index (χ0n) is 13.4. The molecule has 1 saturated carbocycles. The molecule has 0 aromatic rings. The molecule has 2 aliphatic carbocycles. The normalized spacial score (nSPS) is 19.6. The Morgan fingerprint density at radius 3 is 2.36 bits per heavy atom. The summed E-state index contributed by atoms with van der Waals surface area (Å²) in [6.07, 6.45) is 12.3. The summed E-state index contributed by atoms with van der Waals surface area (Å²) >= 11 is 0. The fraction of sp³-hybridized carbons (Fsp3) is 0.750. The molecule has 1 amide bonds. The van der Waals surface area contributed by atoms with Crippen LogP contribution in [0.2, 0.25) is 0 Å². The van der Waals surface area contributed by atoms with Gasteiger partial charge in [-0.3, -0.25) is 9.79 Å². The first-order valence-corrected chi connectivity index (χ1v) is 8.19. The minimum atomic E-state index is 0. The number of hydrogen-bond acceptors (Lipinski definition) is 2. The Morgan fingerprint density at radius 1 is 1.09 bits per heavy atom. The number of amides is 1. The van der Waals surface area contributed by atoms with E-state index in [1.165, 1.54) is 19.3 Å². The van der Waals surface area contributed by atoms with Crippen molar-refractivity contribution in [3.8, 4) is 0 Å². The van der Waals surface area contributed by atoms with Gasteiger partial charge in [-0.1, -0.05) is 31.4 Å². The van der Waals surface area contributed by atoms with Crippen molar-refractivity contribution in [1.82, 2.24) is 16.0 Å². The maximum atomic E-state index is 12.0. The first-order chi connectivity index (χ1) is 10.3. The topological polar surface area (TPSA) is 65.5 Å². The van der Waals surface area contributed by atoms with Crippen molar-refractivity contribution in [3.63, 3.8) is 0 Å². The highest BCUT2D eigenvalue weighted by Crippen LogP contribution is 2.23. The number of halogens is 1. The van der Waals surface area contributed by atoms with Crippen LogP contribution in [0.4, 0.5) is 0 Å². The molecule has 5 nitrogen and oxygen atoms in total. The van der Waals surface area contributed by atoms with Gasteiger partial charge in [0.2, 0.25) is 5.91 Å². The molecule has 0 unspecified atom stereocenters. The second kappa shape index (κ2) is 10.9. The molecule has 0 spiro atoms. The average molecular weight is 420 g/mol. The highest BCUT2D eigenvalue weighted by molar-refractivity contribution is 14.0. The van der Waals surface area contributed by atoms with Gasteiger partial charge in [-0.05, 0) is 25.7 Å². The van der Waals surface area contributed by atoms with Crippen molar-refractivity contribution >= 4 is 35.8 Å². The molecule has 0 bridgehead atoms. The van der Waals surface area contributed by atoms with Gasteiger partial charge < -0.3 is 16.0 Å². The minimum Gasteiger partial charge on any atom is -0.355 e. The van der Waals surface area contributed by atoms with Gasteiger partial charge in [0.05, 0.1) is 0 Å². The summed E-state index contributed by atoms with van der Waals surface area (Å²) in [4.78, 5) is 16.2. The lowest BCUT2D eigenvalue weighted by atomic mass is 9.89. The van der Waals surface area contributed by atoms with Crippen LogP contribution in [0.15, 0.2) is 17.1 Å². The summed E-state index contributed by atoms with van der Waals surface area (Å²) < 4.78 is 0. The second-order valence-electron chi connectivity index (χ2n) is 5.91. The van der Waals surface area contributed by atoms with E-state index in [0.717, 1.165) is 31.6 Å². The Bertz CT molecular complexity index is 384. The van der Waals surface area contributed by atoms with Gasteiger partial charge >= 0.3 is 0 Å². The van der Waals surface area contributed by atoms with E-state index in [4.69, 9.17) is 0 Å². The smallest absolute Gasteiger partial charge is 0.223 e. The van der Waals surface area contributed by atoms with Crippen LogP contribution in [0.25, 0.3) is 0 Å². The summed E-state index contributed by atoms with van der Waals surface area (Å²) in [5.74, 6) is 1.27. The summed E-state index contributed by atoms with van der Waals surface area (Å²) in [7, 11) is 1.78. The number of carbonyl (C=O) groups is 1. The second-order valence-corrected chi connectivity index (χ2v) is 5.91. The molecule has 6 heteroatoms. The molecular formula is C16H29IN4O. The lowest BCUT2D eigenvalue weighted by Crippen LogP contribution is -2.45. The minimum absolute atomic E-state index is 0. The molecule has 0 heterocycles. The molecular weight excluding hydrogens is 391 g/mol. The van der Waals surface area contributed by atoms with E-state index in [2.05, 4.69) is 33.1 Å². The van der Waals surface area contributed by atoms with Crippen molar-refractivity contribution in [1.29, 1.82) is 0 Å². The fourth-order valence-corrected chi connectivity index (χ4v) is 3.00. The van der Waals surface area contributed by atoms with E-state index in [1.807, 2.05) is 0 Å². The number of nitrogens with one attached hydrogen (secondary N) is 3. The van der Waals surface area contributed by atoms with Gasteiger partial charge in [-0.15, -0.1) is 24.0 Å². The van der Waals surface area contributed by atoms with Gasteiger partial charge in [0, 0.05) is 32.1 Å². The molecule has 0 radical (unpaired) electrons. The number of rotatable bonds is 5. The molecule has 0 aromatic carbocycles. The first kappa shape index (κ1) is 19.3. The number of nitrogens with zero attached hydrogens (tertiary/aromatic N) is 1. The highest BCUT2D eigenvalue weighted by atomic mass is 127. The molecule has 0 atom stereocenters. The van der Waals surface area contributed by atoms with Crippen LogP contribution in [0.3, 0.4) is 0 Å². The number of aliphatic imine (C=N–C) groups is 1. The lowest BCUT2D eigenvalue weighted by molar-refractivity contribution is -0.125. The van der Waals surface area contributed by atoms with E-state index in [-0.39, 0.29) is 35.8 Å². The van der Waals surface area contributed by atoms with E-state index in [9.17, 15) is 4.79 Å². The maximum absolute atomic E-state index is 12.0. The monoisotopic (exact) mass is 420 g/mol. The Hall–Kier alpha value is -0.790. The molecule has 0 saturated heterocycles. The summed E-state index contributed by atoms with van der Waals surface area (Å²) in [6, 6.07) is 0.452. The molecule has 0 aromatic heterocycles. The summed E-state index contributed by atoms with van der Waals surface area (Å²) in [5.41, 5.74) is 0. The first-order valence-electron chi connectivity index (χ1n) is 8.19. The Labute approximate surface area is 150 Å². The molecule has 3 N–H and O–H groups in total. The summed E-state index contributed by atoms with van der Waals surface area (Å²) in [6.45, 7) is 1.36. The van der Waals surface area contributed by atoms with Gasteiger partial charge in [0.25, 0.3) is 0 Å². The van der Waals surface area contributed by atoms with E-state index >= 15 is 0 Å². The lowest BCUT2D eigenvalue weighted by Gasteiger charge is -2.21. The number of carbonyl (C=O) groups excluding carboxylic acids is 1. The van der Waals surface area contributed by atoms with Crippen LogP contribution in [0, 0.1) is 5.92 Å². The molecule has 0 aliphatic heterocycles. The van der Waals surface area contributed by atoms with Crippen LogP contribution >= 0.6 is 24.0 Å². The standard InChI is InChI=1S/C16H28N4O.HI/c1-17-16(20-14-9-5-6-10-14)19-12-11-18-15(21)13-7-3-2-4-8-13;/h5-6,13-14H,2-4,7-12H2,1H3,(H,18,21)(H2,17,19,20);1H. The van der Waals surface area contributed by atoms with Crippen LogP contribution < -0.4 is 16.0 Å². The van der Waals surface area contributed by atoms with Crippen LogP contribution in [-0.4, -0.2) is 38.0 Å². The average Bonchev–Trinajstić information content (AvgIpc) is 3.04. The molecule has 22 heavy (non-hydrogen) atoms. The Kier molecular flexibility index (Phi) is 9.50. The van der Waals surface area contributed by atoms with Gasteiger partial charge in [0.1, 0.15) is 0 Å². The van der Waals surface area contributed by atoms with Gasteiger partial charge in [-0.2, -0.15) is 0 Å². The van der Waals surface area contributed by atoms with E-state index in [0.29, 0.717) is 19.1 Å². The van der Waals surface area contributed by atoms with Gasteiger partial charge in [0.15, 0.2) is 5.96 Å². The predicted octanol–water partition coefficient (Wildman–Crippen LogP) is 2.18. The molecule has 2 aliphatic rings. The van der Waals surface area contributed by atoms with E-state index in [1.54, 1.807) is 7.05 Å². The predicted molar refractivity (Wildman–Crippen MR) is 102 cm³/mol. The zero-order valence-corrected chi connectivity index (χ0v) is 15.8. The SMILES string of the molecule is CN=C(NCCNC(=O)C1CCCCC1)NC1CC=CC1.I. The Morgan fingerprint density at radius 2 is 1.73 bits per heavy atom.